The largest absolute Gasteiger partial charge is 0.497 e. The summed E-state index contributed by atoms with van der Waals surface area (Å²) in [4.78, 5) is 16.6. The third-order valence-corrected chi connectivity index (χ3v) is 3.91. The number of aromatic nitrogens is 2. The van der Waals surface area contributed by atoms with Crippen molar-refractivity contribution in [2.75, 3.05) is 12.4 Å². The Kier molecular flexibility index (Phi) is 4.33. The van der Waals surface area contributed by atoms with Crippen LogP contribution < -0.4 is 10.1 Å². The zero-order chi connectivity index (χ0) is 17.1. The van der Waals surface area contributed by atoms with Crippen molar-refractivity contribution in [3.8, 4) is 17.0 Å². The summed E-state index contributed by atoms with van der Waals surface area (Å²) >= 11 is 0. The first-order chi connectivity index (χ1) is 11.6. The summed E-state index contributed by atoms with van der Waals surface area (Å²) in [5.41, 5.74) is 3.64. The average molecular weight is 321 g/mol. The van der Waals surface area contributed by atoms with Gasteiger partial charge in [-0.05, 0) is 43.3 Å². The van der Waals surface area contributed by atoms with Crippen LogP contribution in [-0.2, 0) is 7.05 Å². The highest BCUT2D eigenvalue weighted by Crippen LogP contribution is 2.24. The number of hydrogen-bond acceptors (Lipinski definition) is 3. The number of carbonyl (C=O) groups excluding carboxylic acids is 1. The number of carbonyl (C=O) groups is 1. The Morgan fingerprint density at radius 1 is 1.08 bits per heavy atom. The monoisotopic (exact) mass is 321 g/mol. The number of methoxy groups -OCH3 is 1. The highest BCUT2D eigenvalue weighted by Gasteiger charge is 2.12. The molecular weight excluding hydrogens is 302 g/mol. The third-order valence-electron chi connectivity index (χ3n) is 3.91. The molecule has 1 aromatic heterocycles. The third kappa shape index (κ3) is 3.15. The summed E-state index contributed by atoms with van der Waals surface area (Å²) in [5, 5.41) is 2.85. The first kappa shape index (κ1) is 15.8. The highest BCUT2D eigenvalue weighted by molar-refractivity contribution is 6.03. The second kappa shape index (κ2) is 6.58. The number of nitrogens with zero attached hydrogens (tertiary/aromatic N) is 2. The minimum Gasteiger partial charge on any atom is -0.497 e. The fourth-order valence-electron chi connectivity index (χ4n) is 2.43. The van der Waals surface area contributed by atoms with E-state index in [2.05, 4.69) is 10.3 Å². The molecule has 0 aliphatic heterocycles. The van der Waals surface area contributed by atoms with Crippen molar-refractivity contribution in [3.05, 3.63) is 65.9 Å². The van der Waals surface area contributed by atoms with Gasteiger partial charge in [-0.15, -0.1) is 0 Å². The molecule has 0 saturated heterocycles. The fourth-order valence-corrected chi connectivity index (χ4v) is 2.43. The molecule has 122 valence electrons. The number of amides is 1. The molecule has 5 heteroatoms. The second-order valence-corrected chi connectivity index (χ2v) is 5.57. The summed E-state index contributed by atoms with van der Waals surface area (Å²) in [7, 11) is 3.51. The Bertz CT molecular complexity index is 849. The SMILES string of the molecule is COc1ccc(-c2cnc(NC(=O)c3ccc(C)cc3)n2C)cc1. The molecule has 2 aromatic carbocycles. The minimum absolute atomic E-state index is 0.176. The zero-order valence-corrected chi connectivity index (χ0v) is 13.9. The maximum atomic E-state index is 12.3. The second-order valence-electron chi connectivity index (χ2n) is 5.57. The van der Waals surface area contributed by atoms with E-state index in [1.807, 2.05) is 54.9 Å². The molecule has 3 rings (SSSR count). The van der Waals surface area contributed by atoms with Gasteiger partial charge < -0.3 is 9.30 Å². The molecule has 0 radical (unpaired) electrons. The number of aryl methyl sites for hydroxylation is 1. The van der Waals surface area contributed by atoms with Crippen LogP contribution in [0.15, 0.2) is 54.7 Å². The van der Waals surface area contributed by atoms with E-state index < -0.39 is 0 Å². The molecular formula is C19H19N3O2. The Hall–Kier alpha value is -3.08. The predicted octanol–water partition coefficient (Wildman–Crippen LogP) is 3.66. The lowest BCUT2D eigenvalue weighted by atomic mass is 10.1. The van der Waals surface area contributed by atoms with E-state index in [1.165, 1.54) is 0 Å². The molecule has 0 saturated carbocycles. The Morgan fingerprint density at radius 2 is 1.75 bits per heavy atom. The lowest BCUT2D eigenvalue weighted by molar-refractivity contribution is 0.102. The maximum absolute atomic E-state index is 12.3. The van der Waals surface area contributed by atoms with Gasteiger partial charge in [-0.3, -0.25) is 10.1 Å². The predicted molar refractivity (Wildman–Crippen MR) is 94.3 cm³/mol. The molecule has 1 heterocycles. The van der Waals surface area contributed by atoms with E-state index in [-0.39, 0.29) is 5.91 Å². The van der Waals surface area contributed by atoms with E-state index >= 15 is 0 Å². The quantitative estimate of drug-likeness (QED) is 0.798. The summed E-state index contributed by atoms with van der Waals surface area (Å²) in [6.07, 6.45) is 1.74. The Labute approximate surface area is 140 Å². The van der Waals surface area contributed by atoms with Gasteiger partial charge in [-0.25, -0.2) is 4.98 Å². The van der Waals surface area contributed by atoms with Crippen LogP contribution >= 0.6 is 0 Å². The van der Waals surface area contributed by atoms with Gasteiger partial charge in [0.25, 0.3) is 5.91 Å². The first-order valence-corrected chi connectivity index (χ1v) is 7.62. The van der Waals surface area contributed by atoms with Gasteiger partial charge in [0.1, 0.15) is 5.75 Å². The lowest BCUT2D eigenvalue weighted by Gasteiger charge is -2.08. The normalized spacial score (nSPS) is 10.5. The number of benzene rings is 2. The number of hydrogen-bond donors (Lipinski definition) is 1. The van der Waals surface area contributed by atoms with E-state index in [1.54, 1.807) is 25.4 Å². The minimum atomic E-state index is -0.176. The van der Waals surface area contributed by atoms with E-state index in [0.717, 1.165) is 22.6 Å². The summed E-state index contributed by atoms with van der Waals surface area (Å²) < 4.78 is 7.03. The van der Waals surface area contributed by atoms with Crippen molar-refractivity contribution in [1.82, 2.24) is 9.55 Å². The van der Waals surface area contributed by atoms with E-state index in [4.69, 9.17) is 4.74 Å². The van der Waals surface area contributed by atoms with Crippen LogP contribution in [0.1, 0.15) is 15.9 Å². The van der Waals surface area contributed by atoms with Gasteiger partial charge >= 0.3 is 0 Å². The zero-order valence-electron chi connectivity index (χ0n) is 13.9. The molecule has 0 aliphatic rings. The standard InChI is InChI=1S/C19H19N3O2/c1-13-4-6-15(7-5-13)18(23)21-19-20-12-17(22(19)2)14-8-10-16(24-3)11-9-14/h4-12H,1-3H3,(H,20,21,23). The van der Waals surface area contributed by atoms with Crippen LogP contribution in [0.3, 0.4) is 0 Å². The van der Waals surface area contributed by atoms with Crippen LogP contribution in [-0.4, -0.2) is 22.6 Å². The van der Waals surface area contributed by atoms with E-state index in [0.29, 0.717) is 11.5 Å². The molecule has 24 heavy (non-hydrogen) atoms. The highest BCUT2D eigenvalue weighted by atomic mass is 16.5. The van der Waals surface area contributed by atoms with Crippen LogP contribution in [0.25, 0.3) is 11.3 Å². The molecule has 1 amide bonds. The first-order valence-electron chi connectivity index (χ1n) is 7.62. The molecule has 0 aliphatic carbocycles. The number of imidazole rings is 1. The van der Waals surface area contributed by atoms with Gasteiger partial charge in [-0.1, -0.05) is 17.7 Å². The van der Waals surface area contributed by atoms with Crippen LogP contribution in [0.5, 0.6) is 5.75 Å². The molecule has 0 atom stereocenters. The lowest BCUT2D eigenvalue weighted by Crippen LogP contribution is -2.15. The number of ether oxygens (including phenoxy) is 1. The van der Waals surface area contributed by atoms with Crippen molar-refractivity contribution in [1.29, 1.82) is 0 Å². The van der Waals surface area contributed by atoms with Gasteiger partial charge in [-0.2, -0.15) is 0 Å². The van der Waals surface area contributed by atoms with Crippen molar-refractivity contribution in [3.63, 3.8) is 0 Å². The molecule has 0 spiro atoms. The van der Waals surface area contributed by atoms with Crippen molar-refractivity contribution < 1.29 is 9.53 Å². The van der Waals surface area contributed by atoms with Crippen molar-refractivity contribution in [2.24, 2.45) is 7.05 Å². The molecule has 0 bridgehead atoms. The Balaban J connectivity index is 1.81. The van der Waals surface area contributed by atoms with Gasteiger partial charge in [0.2, 0.25) is 5.95 Å². The van der Waals surface area contributed by atoms with Crippen LogP contribution in [0.2, 0.25) is 0 Å². The summed E-state index contributed by atoms with van der Waals surface area (Å²) in [5.74, 6) is 1.13. The van der Waals surface area contributed by atoms with E-state index in [9.17, 15) is 4.79 Å². The number of rotatable bonds is 4. The smallest absolute Gasteiger partial charge is 0.257 e. The topological polar surface area (TPSA) is 56.1 Å². The number of nitrogens with one attached hydrogen (secondary N) is 1. The van der Waals surface area contributed by atoms with Crippen LogP contribution in [0.4, 0.5) is 5.95 Å². The molecule has 3 aromatic rings. The molecule has 5 nitrogen and oxygen atoms in total. The average Bonchev–Trinajstić information content (AvgIpc) is 2.96. The number of anilines is 1. The van der Waals surface area contributed by atoms with Gasteiger partial charge in [0, 0.05) is 18.2 Å². The van der Waals surface area contributed by atoms with Gasteiger partial charge in [0.15, 0.2) is 0 Å². The Morgan fingerprint density at radius 3 is 2.38 bits per heavy atom. The maximum Gasteiger partial charge on any atom is 0.257 e. The molecule has 1 N–H and O–H groups in total. The van der Waals surface area contributed by atoms with Gasteiger partial charge in [0.05, 0.1) is 19.0 Å². The molecule has 0 unspecified atom stereocenters. The van der Waals surface area contributed by atoms with Crippen molar-refractivity contribution >= 4 is 11.9 Å². The summed E-state index contributed by atoms with van der Waals surface area (Å²) in [6, 6.07) is 15.1. The van der Waals surface area contributed by atoms with Crippen LogP contribution in [0, 0.1) is 6.92 Å². The fraction of sp³-hybridized carbons (Fsp3) is 0.158. The molecule has 0 fully saturated rings. The van der Waals surface area contributed by atoms with Crippen molar-refractivity contribution in [2.45, 2.75) is 6.92 Å². The summed E-state index contributed by atoms with van der Waals surface area (Å²) in [6.45, 7) is 1.99.